The van der Waals surface area contributed by atoms with Gasteiger partial charge in [-0.3, -0.25) is 4.79 Å². The van der Waals surface area contributed by atoms with Gasteiger partial charge in [0.1, 0.15) is 12.7 Å². The largest absolute Gasteiger partial charge is 0.368 e. The summed E-state index contributed by atoms with van der Waals surface area (Å²) < 4.78 is 1.58. The molecule has 0 radical (unpaired) electrons. The smallest absolute Gasteiger partial charge is 0.227 e. The van der Waals surface area contributed by atoms with Crippen molar-refractivity contribution >= 4 is 17.4 Å². The van der Waals surface area contributed by atoms with Crippen LogP contribution in [-0.4, -0.2) is 75.0 Å². The summed E-state index contributed by atoms with van der Waals surface area (Å²) in [6.07, 6.45) is 4.97. The topological polar surface area (TPSA) is 83.3 Å². The summed E-state index contributed by atoms with van der Waals surface area (Å²) in [5, 5.41) is 12.7. The number of rotatable bonds is 4. The lowest BCUT2D eigenvalue weighted by Crippen LogP contribution is -2.52. The molecule has 1 atom stereocenters. The van der Waals surface area contributed by atoms with Crippen LogP contribution in [0.25, 0.3) is 5.82 Å². The average Bonchev–Trinajstić information content (AvgIpc) is 3.41. The number of nitrogens with zero attached hydrogens (tertiary/aromatic N) is 8. The molecule has 4 heterocycles. The van der Waals surface area contributed by atoms with Gasteiger partial charge < -0.3 is 14.7 Å². The first kappa shape index (κ1) is 21.4. The summed E-state index contributed by atoms with van der Waals surface area (Å²) in [7, 11) is 0. The van der Waals surface area contributed by atoms with Crippen molar-refractivity contribution in [1.29, 1.82) is 0 Å². The molecular formula is C24H30N8O. The fourth-order valence-electron chi connectivity index (χ4n) is 4.81. The van der Waals surface area contributed by atoms with E-state index in [-0.39, 0.29) is 11.8 Å². The minimum absolute atomic E-state index is 0.00259. The quantitative estimate of drug-likeness (QED) is 0.608. The first-order chi connectivity index (χ1) is 16.1. The Kier molecular flexibility index (Phi) is 5.93. The molecule has 1 unspecified atom stereocenters. The van der Waals surface area contributed by atoms with E-state index in [4.69, 9.17) is 0 Å². The van der Waals surface area contributed by atoms with Gasteiger partial charge in [0.2, 0.25) is 5.91 Å². The zero-order valence-electron chi connectivity index (χ0n) is 19.3. The number of carbonyl (C=O) groups is 1. The third-order valence-electron chi connectivity index (χ3n) is 6.68. The van der Waals surface area contributed by atoms with Crippen LogP contribution in [0.15, 0.2) is 43.0 Å². The lowest BCUT2D eigenvalue weighted by Gasteiger charge is -2.40. The maximum absolute atomic E-state index is 13.3. The maximum Gasteiger partial charge on any atom is 0.227 e. The molecule has 2 aliphatic heterocycles. The van der Waals surface area contributed by atoms with Crippen molar-refractivity contribution in [3.05, 3.63) is 54.1 Å². The van der Waals surface area contributed by atoms with Gasteiger partial charge >= 0.3 is 0 Å². The summed E-state index contributed by atoms with van der Waals surface area (Å²) in [6.45, 7) is 9.16. The van der Waals surface area contributed by atoms with Crippen LogP contribution in [0.3, 0.4) is 0 Å². The molecule has 9 heteroatoms. The summed E-state index contributed by atoms with van der Waals surface area (Å²) in [6, 6.07) is 10.4. The fraction of sp³-hybridized carbons (Fsp3) is 0.458. The highest BCUT2D eigenvalue weighted by Crippen LogP contribution is 2.26. The number of carbonyl (C=O) groups excluding carboxylic acids is 1. The van der Waals surface area contributed by atoms with E-state index >= 15 is 0 Å². The van der Waals surface area contributed by atoms with Gasteiger partial charge in [-0.2, -0.15) is 5.10 Å². The average molecular weight is 447 g/mol. The SMILES string of the molecule is Cc1ccc(C)c(N2CCN(C(=O)C3CCCN(c4ccc(-n5cncn5)nn4)C3)CC2)c1. The Hall–Kier alpha value is -3.49. The van der Waals surface area contributed by atoms with Crippen molar-refractivity contribution < 1.29 is 4.79 Å². The maximum atomic E-state index is 13.3. The molecule has 2 fully saturated rings. The molecule has 3 aromatic rings. The molecule has 172 valence electrons. The molecule has 33 heavy (non-hydrogen) atoms. The highest BCUT2D eigenvalue weighted by Gasteiger charge is 2.32. The van der Waals surface area contributed by atoms with Crippen molar-refractivity contribution in [1.82, 2.24) is 29.9 Å². The number of amides is 1. The molecule has 1 amide bonds. The highest BCUT2D eigenvalue weighted by atomic mass is 16.2. The predicted octanol–water partition coefficient (Wildman–Crippen LogP) is 2.24. The number of benzene rings is 1. The van der Waals surface area contributed by atoms with E-state index in [9.17, 15) is 4.79 Å². The summed E-state index contributed by atoms with van der Waals surface area (Å²) >= 11 is 0. The van der Waals surface area contributed by atoms with E-state index in [2.05, 4.69) is 67.0 Å². The van der Waals surface area contributed by atoms with Crippen molar-refractivity contribution in [3.8, 4) is 5.82 Å². The monoisotopic (exact) mass is 446 g/mol. The molecule has 9 nitrogen and oxygen atoms in total. The van der Waals surface area contributed by atoms with Crippen molar-refractivity contribution in [2.75, 3.05) is 49.1 Å². The van der Waals surface area contributed by atoms with E-state index in [1.807, 2.05) is 12.1 Å². The lowest BCUT2D eigenvalue weighted by atomic mass is 9.96. The molecule has 0 N–H and O–H groups in total. The number of hydrogen-bond acceptors (Lipinski definition) is 7. The Bertz CT molecular complexity index is 1090. The van der Waals surface area contributed by atoms with Crippen molar-refractivity contribution in [2.24, 2.45) is 5.92 Å². The fourth-order valence-corrected chi connectivity index (χ4v) is 4.81. The van der Waals surface area contributed by atoms with E-state index in [0.29, 0.717) is 12.4 Å². The van der Waals surface area contributed by atoms with Crippen LogP contribution in [0.4, 0.5) is 11.5 Å². The lowest BCUT2D eigenvalue weighted by molar-refractivity contribution is -0.136. The summed E-state index contributed by atoms with van der Waals surface area (Å²) in [4.78, 5) is 23.9. The minimum atomic E-state index is 0.00259. The highest BCUT2D eigenvalue weighted by molar-refractivity contribution is 5.80. The number of piperidine rings is 1. The van der Waals surface area contributed by atoms with E-state index in [1.165, 1.54) is 23.1 Å². The second-order valence-electron chi connectivity index (χ2n) is 8.98. The Balaban J connectivity index is 1.19. The third kappa shape index (κ3) is 4.53. The number of aromatic nitrogens is 5. The Morgan fingerprint density at radius 3 is 2.45 bits per heavy atom. The molecule has 0 saturated carbocycles. The molecule has 2 aromatic heterocycles. The molecule has 2 aliphatic rings. The van der Waals surface area contributed by atoms with Crippen LogP contribution in [0, 0.1) is 19.8 Å². The molecular weight excluding hydrogens is 416 g/mol. The standard InChI is InChI=1S/C24H30N8O/c1-18-5-6-19(2)21(14-18)29-10-12-30(13-11-29)24(33)20-4-3-9-31(15-20)22-7-8-23(28-27-22)32-17-25-16-26-32/h5-8,14,16-17,20H,3-4,9-13,15H2,1-2H3. The number of anilines is 2. The van der Waals surface area contributed by atoms with Gasteiger partial charge in [0, 0.05) is 45.0 Å². The van der Waals surface area contributed by atoms with E-state index in [0.717, 1.165) is 51.4 Å². The Morgan fingerprint density at radius 2 is 1.73 bits per heavy atom. The molecule has 2 saturated heterocycles. The van der Waals surface area contributed by atoms with Crippen LogP contribution < -0.4 is 9.80 Å². The van der Waals surface area contributed by atoms with Gasteiger partial charge in [-0.25, -0.2) is 9.67 Å². The second kappa shape index (κ2) is 9.17. The zero-order chi connectivity index (χ0) is 22.8. The number of piperazine rings is 1. The van der Waals surface area contributed by atoms with Gasteiger partial charge in [-0.15, -0.1) is 10.2 Å². The minimum Gasteiger partial charge on any atom is -0.368 e. The molecule has 0 spiro atoms. The predicted molar refractivity (Wildman–Crippen MR) is 127 cm³/mol. The van der Waals surface area contributed by atoms with E-state index in [1.54, 1.807) is 11.0 Å². The van der Waals surface area contributed by atoms with Gasteiger partial charge in [0.05, 0.1) is 5.92 Å². The molecule has 0 aliphatic carbocycles. The van der Waals surface area contributed by atoms with Crippen LogP contribution in [0.5, 0.6) is 0 Å². The van der Waals surface area contributed by atoms with Gasteiger partial charge in [-0.05, 0) is 56.0 Å². The van der Waals surface area contributed by atoms with Gasteiger partial charge in [-0.1, -0.05) is 12.1 Å². The zero-order valence-corrected chi connectivity index (χ0v) is 19.3. The van der Waals surface area contributed by atoms with Gasteiger partial charge in [0.15, 0.2) is 11.6 Å². The molecule has 5 rings (SSSR count). The van der Waals surface area contributed by atoms with Gasteiger partial charge in [0.25, 0.3) is 0 Å². The van der Waals surface area contributed by atoms with E-state index < -0.39 is 0 Å². The van der Waals surface area contributed by atoms with Crippen LogP contribution in [-0.2, 0) is 4.79 Å². The number of aryl methyl sites for hydroxylation is 2. The summed E-state index contributed by atoms with van der Waals surface area (Å²) in [5.41, 5.74) is 3.85. The first-order valence-electron chi connectivity index (χ1n) is 11.6. The number of hydrogen-bond donors (Lipinski definition) is 0. The van der Waals surface area contributed by atoms with Crippen LogP contribution in [0.2, 0.25) is 0 Å². The van der Waals surface area contributed by atoms with Crippen molar-refractivity contribution in [3.63, 3.8) is 0 Å². The Morgan fingerprint density at radius 1 is 0.939 bits per heavy atom. The van der Waals surface area contributed by atoms with Crippen molar-refractivity contribution in [2.45, 2.75) is 26.7 Å². The van der Waals surface area contributed by atoms with Crippen LogP contribution in [0.1, 0.15) is 24.0 Å². The normalized spacial score (nSPS) is 19.1. The molecule has 0 bridgehead atoms. The molecule has 1 aromatic carbocycles. The second-order valence-corrected chi connectivity index (χ2v) is 8.98. The Labute approximate surface area is 194 Å². The van der Waals surface area contributed by atoms with Crippen LogP contribution >= 0.6 is 0 Å². The third-order valence-corrected chi connectivity index (χ3v) is 6.68. The first-order valence-corrected chi connectivity index (χ1v) is 11.6. The summed E-state index contributed by atoms with van der Waals surface area (Å²) in [5.74, 6) is 1.70.